The Kier molecular flexibility index (Phi) is 5.72. The zero-order valence-corrected chi connectivity index (χ0v) is 11.7. The predicted octanol–water partition coefficient (Wildman–Crippen LogP) is 0.819. The second kappa shape index (κ2) is 6.58. The van der Waals surface area contributed by atoms with Crippen molar-refractivity contribution in [3.05, 3.63) is 5.82 Å². The van der Waals surface area contributed by atoms with E-state index in [-0.39, 0.29) is 18.5 Å². The molecule has 0 saturated heterocycles. The van der Waals surface area contributed by atoms with Crippen LogP contribution in [0, 0.1) is 5.92 Å². The topological polar surface area (TPSA) is 63.0 Å². The van der Waals surface area contributed by atoms with E-state index in [4.69, 9.17) is 0 Å². The van der Waals surface area contributed by atoms with E-state index >= 15 is 0 Å². The van der Waals surface area contributed by atoms with Crippen LogP contribution >= 0.6 is 24.2 Å². The predicted molar refractivity (Wildman–Crippen MR) is 70.5 cm³/mol. The summed E-state index contributed by atoms with van der Waals surface area (Å²) in [5.74, 6) is 2.17. The summed E-state index contributed by atoms with van der Waals surface area (Å²) in [5.41, 5.74) is 0. The van der Waals surface area contributed by atoms with Crippen LogP contribution in [-0.4, -0.2) is 38.8 Å². The minimum absolute atomic E-state index is 0. The van der Waals surface area contributed by atoms with Gasteiger partial charge < -0.3 is 15.0 Å². The van der Waals surface area contributed by atoms with Gasteiger partial charge in [-0.2, -0.15) is 0 Å². The molecular weight excluding hydrogens is 260 g/mol. The van der Waals surface area contributed by atoms with Gasteiger partial charge in [0.25, 0.3) is 0 Å². The third kappa shape index (κ3) is 3.84. The monoisotopic (exact) mass is 278 g/mol. The molecule has 1 saturated carbocycles. The summed E-state index contributed by atoms with van der Waals surface area (Å²) >= 11 is 1.58. The first kappa shape index (κ1) is 14.8. The van der Waals surface area contributed by atoms with Crippen LogP contribution in [0.15, 0.2) is 5.16 Å². The third-order valence-corrected chi connectivity index (χ3v) is 3.93. The van der Waals surface area contributed by atoms with Crippen molar-refractivity contribution < 1.29 is 5.11 Å². The Morgan fingerprint density at radius 1 is 1.53 bits per heavy atom. The number of aliphatic hydroxyl groups excluding tert-OH is 1. The third-order valence-electron chi connectivity index (χ3n) is 2.81. The standard InChI is InChI=1S/C10H18N4OS.ClH/c1-11-5-9-12-13-10(14(9)2)16-6-8(15)7-3-4-7;/h7-8,11,15H,3-6H2,1-2H3;1H. The van der Waals surface area contributed by atoms with Crippen LogP contribution in [0.5, 0.6) is 0 Å². The first-order valence-electron chi connectivity index (χ1n) is 5.56. The van der Waals surface area contributed by atoms with Gasteiger partial charge in [-0.05, 0) is 25.8 Å². The van der Waals surface area contributed by atoms with E-state index in [1.807, 2.05) is 18.7 Å². The van der Waals surface area contributed by atoms with Crippen LogP contribution in [0.4, 0.5) is 0 Å². The van der Waals surface area contributed by atoms with Crippen molar-refractivity contribution in [1.29, 1.82) is 0 Å². The van der Waals surface area contributed by atoms with E-state index in [0.29, 0.717) is 5.92 Å². The van der Waals surface area contributed by atoms with Crippen LogP contribution < -0.4 is 5.32 Å². The van der Waals surface area contributed by atoms with Gasteiger partial charge in [0.05, 0.1) is 12.6 Å². The maximum absolute atomic E-state index is 9.76. The lowest BCUT2D eigenvalue weighted by molar-refractivity contribution is 0.176. The molecule has 2 N–H and O–H groups in total. The fourth-order valence-corrected chi connectivity index (χ4v) is 2.55. The number of aromatic nitrogens is 3. The summed E-state index contributed by atoms with van der Waals surface area (Å²) in [6.45, 7) is 0.717. The lowest BCUT2D eigenvalue weighted by Gasteiger charge is -2.08. The Balaban J connectivity index is 0.00000144. The van der Waals surface area contributed by atoms with Crippen LogP contribution in [0.1, 0.15) is 18.7 Å². The molecule has 98 valence electrons. The molecule has 1 fully saturated rings. The molecule has 1 unspecified atom stereocenters. The van der Waals surface area contributed by atoms with Crippen molar-refractivity contribution in [3.63, 3.8) is 0 Å². The van der Waals surface area contributed by atoms with Crippen molar-refractivity contribution in [1.82, 2.24) is 20.1 Å². The largest absolute Gasteiger partial charge is 0.392 e. The Morgan fingerprint density at radius 2 is 2.24 bits per heavy atom. The van der Waals surface area contributed by atoms with E-state index in [9.17, 15) is 5.11 Å². The average Bonchev–Trinajstić information content (AvgIpc) is 3.05. The lowest BCUT2D eigenvalue weighted by Crippen LogP contribution is -2.13. The molecule has 17 heavy (non-hydrogen) atoms. The summed E-state index contributed by atoms with van der Waals surface area (Å²) in [6.07, 6.45) is 2.16. The molecule has 1 heterocycles. The molecule has 1 aliphatic carbocycles. The van der Waals surface area contributed by atoms with Gasteiger partial charge in [0, 0.05) is 12.8 Å². The Hall–Kier alpha value is -0.300. The molecule has 0 bridgehead atoms. The number of nitrogens with zero attached hydrogens (tertiary/aromatic N) is 3. The first-order chi connectivity index (χ1) is 7.72. The van der Waals surface area contributed by atoms with Gasteiger partial charge in [-0.1, -0.05) is 11.8 Å². The van der Waals surface area contributed by atoms with Crippen molar-refractivity contribution in [3.8, 4) is 0 Å². The minimum Gasteiger partial charge on any atom is -0.392 e. The molecule has 1 aromatic rings. The van der Waals surface area contributed by atoms with Gasteiger partial charge in [-0.25, -0.2) is 0 Å². The summed E-state index contributed by atoms with van der Waals surface area (Å²) < 4.78 is 1.97. The SMILES string of the molecule is CNCc1nnc(SCC(O)C2CC2)n1C.Cl. The van der Waals surface area contributed by atoms with Crippen molar-refractivity contribution >= 4 is 24.2 Å². The highest BCUT2D eigenvalue weighted by molar-refractivity contribution is 7.99. The van der Waals surface area contributed by atoms with Crippen molar-refractivity contribution in [2.75, 3.05) is 12.8 Å². The van der Waals surface area contributed by atoms with Crippen LogP contribution in [0.2, 0.25) is 0 Å². The molecule has 1 atom stereocenters. The highest BCUT2D eigenvalue weighted by atomic mass is 35.5. The Labute approximate surface area is 112 Å². The quantitative estimate of drug-likeness (QED) is 0.755. The van der Waals surface area contributed by atoms with Crippen molar-refractivity contribution in [2.45, 2.75) is 30.6 Å². The molecule has 2 rings (SSSR count). The molecule has 0 aromatic carbocycles. The second-order valence-corrected chi connectivity index (χ2v) is 5.19. The van der Waals surface area contributed by atoms with Gasteiger partial charge in [0.15, 0.2) is 5.16 Å². The smallest absolute Gasteiger partial charge is 0.191 e. The van der Waals surface area contributed by atoms with E-state index < -0.39 is 0 Å². The first-order valence-corrected chi connectivity index (χ1v) is 6.54. The number of halogens is 1. The second-order valence-electron chi connectivity index (χ2n) is 4.20. The molecule has 0 radical (unpaired) electrons. The van der Waals surface area contributed by atoms with Gasteiger partial charge in [-0.3, -0.25) is 0 Å². The minimum atomic E-state index is -0.186. The van der Waals surface area contributed by atoms with E-state index in [1.54, 1.807) is 11.8 Å². The van der Waals surface area contributed by atoms with Crippen LogP contribution in [0.25, 0.3) is 0 Å². The summed E-state index contributed by atoms with van der Waals surface area (Å²) in [5, 5.41) is 21.9. The molecule has 1 aromatic heterocycles. The Bertz CT molecular complexity index is 356. The fraction of sp³-hybridized carbons (Fsp3) is 0.800. The average molecular weight is 279 g/mol. The van der Waals surface area contributed by atoms with E-state index in [1.165, 1.54) is 12.8 Å². The molecule has 7 heteroatoms. The number of thioether (sulfide) groups is 1. The van der Waals surface area contributed by atoms with Gasteiger partial charge in [-0.15, -0.1) is 22.6 Å². The number of nitrogens with one attached hydrogen (secondary N) is 1. The maximum Gasteiger partial charge on any atom is 0.191 e. The molecule has 0 amide bonds. The van der Waals surface area contributed by atoms with E-state index in [0.717, 1.165) is 23.3 Å². The fourth-order valence-electron chi connectivity index (χ4n) is 1.56. The van der Waals surface area contributed by atoms with Gasteiger partial charge in [0.1, 0.15) is 5.82 Å². The molecule has 0 spiro atoms. The molecule has 5 nitrogen and oxygen atoms in total. The number of hydrogen-bond donors (Lipinski definition) is 2. The zero-order valence-electron chi connectivity index (χ0n) is 10.1. The zero-order chi connectivity index (χ0) is 11.5. The molecular formula is C10H19ClN4OS. The number of aliphatic hydroxyl groups is 1. The number of rotatable bonds is 6. The summed E-state index contributed by atoms with van der Waals surface area (Å²) in [4.78, 5) is 0. The van der Waals surface area contributed by atoms with Crippen molar-refractivity contribution in [2.24, 2.45) is 13.0 Å². The maximum atomic E-state index is 9.76. The summed E-state index contributed by atoms with van der Waals surface area (Å²) in [7, 11) is 3.84. The highest BCUT2D eigenvalue weighted by Crippen LogP contribution is 2.34. The van der Waals surface area contributed by atoms with Crippen LogP contribution in [0.3, 0.4) is 0 Å². The number of hydrogen-bond acceptors (Lipinski definition) is 5. The Morgan fingerprint density at radius 3 is 2.82 bits per heavy atom. The summed E-state index contributed by atoms with van der Waals surface area (Å²) in [6, 6.07) is 0. The highest BCUT2D eigenvalue weighted by Gasteiger charge is 2.29. The molecule has 1 aliphatic rings. The molecule has 0 aliphatic heterocycles. The normalized spacial score (nSPS) is 16.6. The van der Waals surface area contributed by atoms with E-state index in [2.05, 4.69) is 15.5 Å². The van der Waals surface area contributed by atoms with Gasteiger partial charge in [0.2, 0.25) is 0 Å². The lowest BCUT2D eigenvalue weighted by atomic mass is 10.3. The van der Waals surface area contributed by atoms with Crippen LogP contribution in [-0.2, 0) is 13.6 Å². The van der Waals surface area contributed by atoms with Gasteiger partial charge >= 0.3 is 0 Å².